The minimum absolute atomic E-state index is 0.362. The molecule has 2 N–H and O–H groups in total. The van der Waals surface area contributed by atoms with E-state index in [1.54, 1.807) is 36.5 Å². The predicted molar refractivity (Wildman–Crippen MR) is 70.8 cm³/mol. The lowest BCUT2D eigenvalue weighted by Crippen LogP contribution is -2.19. The van der Waals surface area contributed by atoms with E-state index in [0.29, 0.717) is 22.0 Å². The third-order valence-electron chi connectivity index (χ3n) is 2.75. The van der Waals surface area contributed by atoms with Gasteiger partial charge in [-0.3, -0.25) is 14.9 Å². The highest BCUT2D eigenvalue weighted by Crippen LogP contribution is 2.23. The minimum Gasteiger partial charge on any atom is -0.355 e. The number of nitrogens with zero attached hydrogens (tertiary/aromatic N) is 1. The summed E-state index contributed by atoms with van der Waals surface area (Å²) in [5.74, 6) is -0.741. The maximum atomic E-state index is 11.5. The first kappa shape index (κ1) is 11.7. The van der Waals surface area contributed by atoms with E-state index in [4.69, 9.17) is 11.6 Å². The van der Waals surface area contributed by atoms with Gasteiger partial charge in [-0.25, -0.2) is 4.98 Å². The molecule has 0 saturated heterocycles. The Morgan fingerprint density at radius 1 is 1.00 bits per heavy atom. The molecule has 0 radical (unpaired) electrons. The van der Waals surface area contributed by atoms with Crippen molar-refractivity contribution in [1.82, 2.24) is 10.3 Å². The van der Waals surface area contributed by atoms with Crippen molar-refractivity contribution >= 4 is 34.8 Å². The Kier molecular flexibility index (Phi) is 2.68. The highest BCUT2D eigenvalue weighted by Gasteiger charge is 2.26. The first-order valence-corrected chi connectivity index (χ1v) is 5.89. The van der Waals surface area contributed by atoms with Crippen LogP contribution in [0.5, 0.6) is 0 Å². The lowest BCUT2D eigenvalue weighted by molar-refractivity contribution is 0.0879. The number of carbonyl (C=O) groups excluding carboxylic acids is 2. The number of pyridine rings is 1. The van der Waals surface area contributed by atoms with Crippen LogP contribution in [-0.4, -0.2) is 16.8 Å². The van der Waals surface area contributed by atoms with Crippen LogP contribution < -0.4 is 10.6 Å². The van der Waals surface area contributed by atoms with Gasteiger partial charge in [0.1, 0.15) is 5.15 Å². The van der Waals surface area contributed by atoms with E-state index < -0.39 is 0 Å². The fourth-order valence-electron chi connectivity index (χ4n) is 1.89. The number of imide groups is 1. The molecule has 5 nitrogen and oxygen atoms in total. The van der Waals surface area contributed by atoms with Crippen LogP contribution in [0.3, 0.4) is 0 Å². The van der Waals surface area contributed by atoms with Gasteiger partial charge in [0.2, 0.25) is 0 Å². The number of nitrogens with one attached hydrogen (secondary N) is 2. The second-order valence-corrected chi connectivity index (χ2v) is 4.42. The average molecular weight is 274 g/mol. The molecule has 1 aromatic carbocycles. The third kappa shape index (κ3) is 2.15. The lowest BCUT2D eigenvalue weighted by atomic mass is 10.1. The van der Waals surface area contributed by atoms with Gasteiger partial charge >= 0.3 is 0 Å². The molecule has 1 aromatic heterocycles. The smallest absolute Gasteiger partial charge is 0.259 e. The van der Waals surface area contributed by atoms with Crippen molar-refractivity contribution in [3.05, 3.63) is 52.8 Å². The summed E-state index contributed by atoms with van der Waals surface area (Å²) in [6.45, 7) is 0. The fourth-order valence-corrected chi connectivity index (χ4v) is 2.07. The zero-order valence-electron chi connectivity index (χ0n) is 9.61. The minimum atomic E-state index is -0.378. The molecule has 19 heavy (non-hydrogen) atoms. The molecular formula is C13H8ClN3O2. The molecule has 3 rings (SSSR count). The number of anilines is 2. The number of carbonyl (C=O) groups is 2. The van der Waals surface area contributed by atoms with Crippen molar-refractivity contribution in [2.24, 2.45) is 0 Å². The van der Waals surface area contributed by atoms with Crippen molar-refractivity contribution in [2.75, 3.05) is 5.32 Å². The maximum absolute atomic E-state index is 11.5. The van der Waals surface area contributed by atoms with Crippen molar-refractivity contribution in [3.8, 4) is 0 Å². The van der Waals surface area contributed by atoms with Gasteiger partial charge in [-0.1, -0.05) is 11.6 Å². The summed E-state index contributed by atoms with van der Waals surface area (Å²) in [5, 5.41) is 5.71. The standard InChI is InChI=1S/C13H8ClN3O2/c14-11-6-8(3-4-15-11)16-7-1-2-9-10(5-7)13(19)17-12(9)18/h1-6H,(H,15,16)(H,17,18,19). The average Bonchev–Trinajstić information content (AvgIpc) is 2.65. The van der Waals surface area contributed by atoms with E-state index >= 15 is 0 Å². The van der Waals surface area contributed by atoms with Crippen LogP contribution >= 0.6 is 11.6 Å². The quantitative estimate of drug-likeness (QED) is 0.651. The monoisotopic (exact) mass is 273 g/mol. The van der Waals surface area contributed by atoms with Crippen molar-refractivity contribution in [1.29, 1.82) is 0 Å². The van der Waals surface area contributed by atoms with E-state index in [1.807, 2.05) is 0 Å². The van der Waals surface area contributed by atoms with E-state index in [0.717, 1.165) is 5.69 Å². The topological polar surface area (TPSA) is 71.1 Å². The summed E-state index contributed by atoms with van der Waals surface area (Å²) in [6, 6.07) is 8.39. The molecule has 2 heterocycles. The number of hydrogen-bond donors (Lipinski definition) is 2. The van der Waals surface area contributed by atoms with Crippen LogP contribution in [0, 0.1) is 0 Å². The number of rotatable bonds is 2. The number of aromatic nitrogens is 1. The van der Waals surface area contributed by atoms with Crippen LogP contribution in [0.4, 0.5) is 11.4 Å². The summed E-state index contributed by atoms with van der Waals surface area (Å²) in [7, 11) is 0. The van der Waals surface area contributed by atoms with Crippen LogP contribution in [0.15, 0.2) is 36.5 Å². The molecule has 0 fully saturated rings. The third-order valence-corrected chi connectivity index (χ3v) is 2.96. The van der Waals surface area contributed by atoms with E-state index in [9.17, 15) is 9.59 Å². The molecule has 0 atom stereocenters. The maximum Gasteiger partial charge on any atom is 0.259 e. The summed E-state index contributed by atoms with van der Waals surface area (Å²) in [6.07, 6.45) is 1.58. The molecule has 0 spiro atoms. The van der Waals surface area contributed by atoms with Gasteiger partial charge in [-0.15, -0.1) is 0 Å². The summed E-state index contributed by atoms with van der Waals surface area (Å²) in [4.78, 5) is 26.8. The Bertz CT molecular complexity index is 700. The number of hydrogen-bond acceptors (Lipinski definition) is 4. The fraction of sp³-hybridized carbons (Fsp3) is 0. The Balaban J connectivity index is 1.93. The van der Waals surface area contributed by atoms with Crippen LogP contribution in [0.25, 0.3) is 0 Å². The van der Waals surface area contributed by atoms with Crippen LogP contribution in [0.1, 0.15) is 20.7 Å². The molecule has 94 valence electrons. The van der Waals surface area contributed by atoms with Gasteiger partial charge in [0.25, 0.3) is 11.8 Å². The molecule has 1 aliphatic rings. The van der Waals surface area contributed by atoms with Gasteiger partial charge in [0.05, 0.1) is 11.1 Å². The SMILES string of the molecule is O=C1NC(=O)c2cc(Nc3ccnc(Cl)c3)ccc21. The largest absolute Gasteiger partial charge is 0.355 e. The van der Waals surface area contributed by atoms with E-state index in [-0.39, 0.29) is 11.8 Å². The van der Waals surface area contributed by atoms with Crippen molar-refractivity contribution in [3.63, 3.8) is 0 Å². The first-order valence-electron chi connectivity index (χ1n) is 5.52. The molecule has 0 saturated carbocycles. The molecule has 0 aliphatic carbocycles. The highest BCUT2D eigenvalue weighted by atomic mass is 35.5. The van der Waals surface area contributed by atoms with Crippen molar-refractivity contribution in [2.45, 2.75) is 0 Å². The van der Waals surface area contributed by atoms with Crippen LogP contribution in [-0.2, 0) is 0 Å². The number of amides is 2. The van der Waals surface area contributed by atoms with Gasteiger partial charge in [0, 0.05) is 17.6 Å². The molecule has 2 amide bonds. The van der Waals surface area contributed by atoms with E-state index in [2.05, 4.69) is 15.6 Å². The van der Waals surface area contributed by atoms with Gasteiger partial charge < -0.3 is 5.32 Å². The Morgan fingerprint density at radius 3 is 2.53 bits per heavy atom. The van der Waals surface area contributed by atoms with Gasteiger partial charge in [-0.05, 0) is 30.3 Å². The first-order chi connectivity index (χ1) is 9.13. The van der Waals surface area contributed by atoms with Crippen LogP contribution in [0.2, 0.25) is 5.15 Å². The highest BCUT2D eigenvalue weighted by molar-refractivity contribution is 6.29. The summed E-state index contributed by atoms with van der Waals surface area (Å²) < 4.78 is 0. The summed E-state index contributed by atoms with van der Waals surface area (Å²) >= 11 is 5.79. The zero-order chi connectivity index (χ0) is 13.4. The molecule has 2 aromatic rings. The second kappa shape index (κ2) is 4.37. The molecular weight excluding hydrogens is 266 g/mol. The lowest BCUT2D eigenvalue weighted by Gasteiger charge is -2.07. The van der Waals surface area contributed by atoms with Gasteiger partial charge in [0.15, 0.2) is 0 Å². The molecule has 0 bridgehead atoms. The number of fused-ring (bicyclic) bond motifs is 1. The molecule has 0 unspecified atom stereocenters. The molecule has 1 aliphatic heterocycles. The van der Waals surface area contributed by atoms with Crippen molar-refractivity contribution < 1.29 is 9.59 Å². The molecule has 6 heteroatoms. The second-order valence-electron chi connectivity index (χ2n) is 4.04. The number of benzene rings is 1. The Hall–Kier alpha value is -2.40. The van der Waals surface area contributed by atoms with Gasteiger partial charge in [-0.2, -0.15) is 0 Å². The Labute approximate surface area is 113 Å². The number of halogens is 1. The predicted octanol–water partition coefficient (Wildman–Crippen LogP) is 2.36. The van der Waals surface area contributed by atoms with E-state index in [1.165, 1.54) is 0 Å². The zero-order valence-corrected chi connectivity index (χ0v) is 10.4. The normalized spacial score (nSPS) is 13.1. The Morgan fingerprint density at radius 2 is 1.74 bits per heavy atom. The summed E-state index contributed by atoms with van der Waals surface area (Å²) in [5.41, 5.74) is 2.22.